The lowest BCUT2D eigenvalue weighted by Crippen LogP contribution is -2.24. The molecule has 0 spiro atoms. The highest BCUT2D eigenvalue weighted by molar-refractivity contribution is 5.92. The Morgan fingerprint density at radius 3 is 3.08 bits per heavy atom. The molecule has 0 saturated carbocycles. The summed E-state index contributed by atoms with van der Waals surface area (Å²) in [6, 6.07) is 1.88. The van der Waals surface area contributed by atoms with Crippen LogP contribution >= 0.6 is 0 Å². The molecule has 2 rings (SSSR count). The van der Waals surface area contributed by atoms with E-state index in [0.717, 1.165) is 5.82 Å². The molecular formula is C7H9N5. The lowest BCUT2D eigenvalue weighted by atomic mass is 10.4. The van der Waals surface area contributed by atoms with E-state index in [-0.39, 0.29) is 0 Å². The van der Waals surface area contributed by atoms with Crippen molar-refractivity contribution in [1.29, 1.82) is 0 Å². The smallest absolute Gasteiger partial charge is 0.129 e. The quantitative estimate of drug-likeness (QED) is 0.615. The van der Waals surface area contributed by atoms with Gasteiger partial charge in [-0.25, -0.2) is 4.99 Å². The summed E-state index contributed by atoms with van der Waals surface area (Å²) < 4.78 is 0. The summed E-state index contributed by atoms with van der Waals surface area (Å²) in [5.41, 5.74) is 5.46. The van der Waals surface area contributed by atoms with Gasteiger partial charge in [-0.05, 0) is 6.08 Å². The van der Waals surface area contributed by atoms with Gasteiger partial charge in [0.2, 0.25) is 0 Å². The Hall–Kier alpha value is -1.78. The fraction of sp³-hybridized carbons (Fsp3) is 0.143. The van der Waals surface area contributed by atoms with Crippen LogP contribution in [0.5, 0.6) is 0 Å². The molecule has 5 nitrogen and oxygen atoms in total. The Morgan fingerprint density at radius 2 is 2.50 bits per heavy atom. The first-order valence-electron chi connectivity index (χ1n) is 3.60. The van der Waals surface area contributed by atoms with E-state index >= 15 is 0 Å². The number of nitrogens with one attached hydrogen (secondary N) is 1. The number of rotatable bonds is 1. The third-order valence-corrected chi connectivity index (χ3v) is 1.63. The van der Waals surface area contributed by atoms with E-state index in [1.54, 1.807) is 12.3 Å². The Morgan fingerprint density at radius 1 is 1.58 bits per heavy atom. The van der Waals surface area contributed by atoms with Gasteiger partial charge in [-0.2, -0.15) is 5.10 Å². The number of hydrogen-bond acceptors (Lipinski definition) is 4. The fourth-order valence-electron chi connectivity index (χ4n) is 0.989. The maximum atomic E-state index is 5.46. The number of anilines is 1. The highest BCUT2D eigenvalue weighted by Crippen LogP contribution is 2.10. The van der Waals surface area contributed by atoms with E-state index in [1.807, 2.05) is 17.2 Å². The van der Waals surface area contributed by atoms with Gasteiger partial charge in [0.05, 0.1) is 6.20 Å². The minimum absolute atomic E-state index is 0.546. The standard InChI is InChI=1S/C7H9N5/c8-6-2-4-12(5-9-6)7-1-3-10-11-7/h1-4H,5H2,(H2,8,9)(H,10,11). The average molecular weight is 163 g/mol. The number of H-pyrrole nitrogens is 1. The molecule has 0 saturated heterocycles. The molecule has 0 fully saturated rings. The first-order chi connectivity index (χ1) is 5.86. The minimum atomic E-state index is 0.546. The maximum Gasteiger partial charge on any atom is 0.129 e. The largest absolute Gasteiger partial charge is 0.384 e. The second kappa shape index (κ2) is 2.69. The third kappa shape index (κ3) is 1.16. The number of aromatic nitrogens is 2. The molecule has 62 valence electrons. The summed E-state index contributed by atoms with van der Waals surface area (Å²) >= 11 is 0. The second-order valence-corrected chi connectivity index (χ2v) is 2.45. The van der Waals surface area contributed by atoms with Gasteiger partial charge in [0.15, 0.2) is 0 Å². The van der Waals surface area contributed by atoms with Crippen molar-refractivity contribution >= 4 is 11.7 Å². The van der Waals surface area contributed by atoms with Crippen LogP contribution in [0.25, 0.3) is 0 Å². The lowest BCUT2D eigenvalue weighted by Gasteiger charge is -2.18. The Labute approximate surface area is 69.6 Å². The van der Waals surface area contributed by atoms with Crippen LogP contribution in [0.3, 0.4) is 0 Å². The van der Waals surface area contributed by atoms with Crippen molar-refractivity contribution in [2.45, 2.75) is 0 Å². The number of aromatic amines is 1. The number of amidine groups is 1. The van der Waals surface area contributed by atoms with Crippen molar-refractivity contribution in [3.8, 4) is 0 Å². The van der Waals surface area contributed by atoms with Crippen LogP contribution in [0.15, 0.2) is 29.5 Å². The van der Waals surface area contributed by atoms with Gasteiger partial charge in [0.1, 0.15) is 18.3 Å². The SMILES string of the molecule is NC1=NCN(c2ccn[nH]2)C=C1. The van der Waals surface area contributed by atoms with E-state index in [9.17, 15) is 0 Å². The molecule has 0 aliphatic carbocycles. The van der Waals surface area contributed by atoms with E-state index in [0.29, 0.717) is 12.5 Å². The molecule has 3 N–H and O–H groups in total. The molecule has 0 unspecified atom stereocenters. The van der Waals surface area contributed by atoms with Gasteiger partial charge in [-0.3, -0.25) is 5.10 Å². The van der Waals surface area contributed by atoms with E-state index in [2.05, 4.69) is 15.2 Å². The van der Waals surface area contributed by atoms with Crippen molar-refractivity contribution in [3.63, 3.8) is 0 Å². The van der Waals surface area contributed by atoms with Crippen LogP contribution in [0.4, 0.5) is 5.82 Å². The molecular weight excluding hydrogens is 154 g/mol. The van der Waals surface area contributed by atoms with E-state index in [4.69, 9.17) is 5.73 Å². The highest BCUT2D eigenvalue weighted by Gasteiger charge is 2.05. The first kappa shape index (κ1) is 6.90. The zero-order valence-electron chi connectivity index (χ0n) is 6.44. The third-order valence-electron chi connectivity index (χ3n) is 1.63. The summed E-state index contributed by atoms with van der Waals surface area (Å²) in [6.07, 6.45) is 5.32. The van der Waals surface area contributed by atoms with Crippen LogP contribution in [0.1, 0.15) is 0 Å². The average Bonchev–Trinajstić information content (AvgIpc) is 2.58. The zero-order chi connectivity index (χ0) is 8.39. The van der Waals surface area contributed by atoms with Gasteiger partial charge in [0, 0.05) is 12.3 Å². The summed E-state index contributed by atoms with van der Waals surface area (Å²) in [7, 11) is 0. The summed E-state index contributed by atoms with van der Waals surface area (Å²) in [6.45, 7) is 0.546. The van der Waals surface area contributed by atoms with Crippen molar-refractivity contribution in [2.75, 3.05) is 11.6 Å². The van der Waals surface area contributed by atoms with Crippen LogP contribution in [-0.4, -0.2) is 22.7 Å². The molecule has 12 heavy (non-hydrogen) atoms. The van der Waals surface area contributed by atoms with Gasteiger partial charge in [-0.1, -0.05) is 0 Å². The van der Waals surface area contributed by atoms with E-state index in [1.165, 1.54) is 0 Å². The summed E-state index contributed by atoms with van der Waals surface area (Å²) in [5.74, 6) is 1.48. The van der Waals surface area contributed by atoms with Gasteiger partial charge in [-0.15, -0.1) is 0 Å². The number of aliphatic imine (C=N–C) groups is 1. The van der Waals surface area contributed by atoms with E-state index < -0.39 is 0 Å². The molecule has 0 radical (unpaired) electrons. The number of nitrogens with zero attached hydrogens (tertiary/aromatic N) is 3. The Kier molecular flexibility index (Phi) is 1.55. The molecule has 2 heterocycles. The molecule has 0 amide bonds. The van der Waals surface area contributed by atoms with Crippen molar-refractivity contribution in [3.05, 3.63) is 24.5 Å². The monoisotopic (exact) mass is 163 g/mol. The van der Waals surface area contributed by atoms with Crippen LogP contribution in [-0.2, 0) is 0 Å². The van der Waals surface area contributed by atoms with Gasteiger partial charge >= 0.3 is 0 Å². The second-order valence-electron chi connectivity index (χ2n) is 2.45. The highest BCUT2D eigenvalue weighted by atomic mass is 15.3. The number of hydrogen-bond donors (Lipinski definition) is 2. The van der Waals surface area contributed by atoms with Crippen LogP contribution < -0.4 is 10.6 Å². The van der Waals surface area contributed by atoms with Crippen molar-refractivity contribution in [1.82, 2.24) is 10.2 Å². The summed E-state index contributed by atoms with van der Waals surface area (Å²) in [5, 5.41) is 6.67. The molecule has 1 aliphatic rings. The first-order valence-corrected chi connectivity index (χ1v) is 3.60. The lowest BCUT2D eigenvalue weighted by molar-refractivity contribution is 0.921. The predicted octanol–water partition coefficient (Wildman–Crippen LogP) is 0.0581. The predicted molar refractivity (Wildman–Crippen MR) is 46.7 cm³/mol. The molecule has 0 atom stereocenters. The van der Waals surface area contributed by atoms with Crippen LogP contribution in [0.2, 0.25) is 0 Å². The summed E-state index contributed by atoms with van der Waals surface area (Å²) in [4.78, 5) is 5.97. The molecule has 1 aromatic rings. The molecule has 1 aliphatic heterocycles. The number of nitrogens with two attached hydrogens (primary N) is 1. The molecule has 0 bridgehead atoms. The van der Waals surface area contributed by atoms with Crippen molar-refractivity contribution < 1.29 is 0 Å². The van der Waals surface area contributed by atoms with Crippen molar-refractivity contribution in [2.24, 2.45) is 10.7 Å². The normalized spacial score (nSPS) is 16.3. The van der Waals surface area contributed by atoms with Gasteiger partial charge < -0.3 is 10.6 Å². The molecule has 5 heteroatoms. The topological polar surface area (TPSA) is 70.3 Å². The van der Waals surface area contributed by atoms with Gasteiger partial charge in [0.25, 0.3) is 0 Å². The molecule has 1 aromatic heterocycles. The Balaban J connectivity index is 2.15. The molecule has 0 aromatic carbocycles. The zero-order valence-corrected chi connectivity index (χ0v) is 6.44. The fourth-order valence-corrected chi connectivity index (χ4v) is 0.989. The maximum absolute atomic E-state index is 5.46. The minimum Gasteiger partial charge on any atom is -0.384 e. The Bertz CT molecular complexity index is 311. The van der Waals surface area contributed by atoms with Crippen LogP contribution in [0, 0.1) is 0 Å².